The van der Waals surface area contributed by atoms with E-state index < -0.39 is 52.8 Å². The molecule has 0 aliphatic carbocycles. The number of carbonyl (C=O) groups is 1. The molecule has 2 aromatic rings. The van der Waals surface area contributed by atoms with Crippen LogP contribution in [-0.2, 0) is 5.92 Å². The van der Waals surface area contributed by atoms with Crippen molar-refractivity contribution in [1.82, 2.24) is 0 Å². The number of rotatable bonds is 8. The van der Waals surface area contributed by atoms with E-state index in [0.29, 0.717) is 12.1 Å². The minimum absolute atomic E-state index is 0.0927. The summed E-state index contributed by atoms with van der Waals surface area (Å²) in [6.07, 6.45) is -7.51. The van der Waals surface area contributed by atoms with Gasteiger partial charge < -0.3 is 10.1 Å². The van der Waals surface area contributed by atoms with E-state index in [9.17, 15) is 61.9 Å². The highest BCUT2D eigenvalue weighted by Crippen LogP contribution is 2.62. The zero-order valence-corrected chi connectivity index (χ0v) is 17.3. The van der Waals surface area contributed by atoms with Crippen LogP contribution in [0.15, 0.2) is 48.5 Å². The Hall–Kier alpha value is -3.20. The summed E-state index contributed by atoms with van der Waals surface area (Å²) in [5.41, 5.74) is -4.07. The van der Waals surface area contributed by atoms with E-state index in [2.05, 4.69) is 0 Å². The molecule has 0 radical (unpaired) electrons. The zero-order chi connectivity index (χ0) is 28.0. The number of carbonyl (C=O) groups excluding carboxylic acids is 1. The lowest BCUT2D eigenvalue weighted by atomic mass is 9.88. The molecule has 36 heavy (non-hydrogen) atoms. The lowest BCUT2D eigenvalue weighted by Crippen LogP contribution is -2.69. The highest BCUT2D eigenvalue weighted by molar-refractivity contribution is 6.05. The molecule has 0 aliphatic rings. The fourth-order valence-corrected chi connectivity index (χ4v) is 2.79. The molecule has 1 amide bonds. The predicted molar refractivity (Wildman–Crippen MR) is 97.1 cm³/mol. The van der Waals surface area contributed by atoms with E-state index in [0.717, 1.165) is 18.2 Å². The summed E-state index contributed by atoms with van der Waals surface area (Å²) >= 11 is 0. The van der Waals surface area contributed by atoms with E-state index in [4.69, 9.17) is 4.74 Å². The number of halogens is 13. The molecule has 0 unspecified atom stereocenters. The quantitative estimate of drug-likeness (QED) is 0.358. The SMILES string of the molecule is COc1cccc(NC(=O)c2ccccc2C(F)(F)C(F)(F)C(F)(F)C(F)(F)C(F)(F)C(F)(F)F)c1. The van der Waals surface area contributed by atoms with Crippen molar-refractivity contribution in [3.63, 3.8) is 0 Å². The number of benzene rings is 2. The maximum Gasteiger partial charge on any atom is 0.460 e. The normalized spacial score (nSPS) is 13.9. The Morgan fingerprint density at radius 2 is 1.22 bits per heavy atom. The highest BCUT2D eigenvalue weighted by atomic mass is 19.4. The van der Waals surface area contributed by atoms with E-state index in [1.165, 1.54) is 19.2 Å². The molecule has 1 N–H and O–H groups in total. The van der Waals surface area contributed by atoms with Crippen molar-refractivity contribution in [2.24, 2.45) is 0 Å². The Labute approximate surface area is 192 Å². The van der Waals surface area contributed by atoms with Crippen LogP contribution < -0.4 is 10.1 Å². The Morgan fingerprint density at radius 1 is 0.694 bits per heavy atom. The number of amides is 1. The summed E-state index contributed by atoms with van der Waals surface area (Å²) < 4.78 is 180. The number of nitrogens with one attached hydrogen (secondary N) is 1. The number of hydrogen-bond donors (Lipinski definition) is 1. The van der Waals surface area contributed by atoms with Gasteiger partial charge in [0.2, 0.25) is 0 Å². The molecule has 0 heterocycles. The molecular weight excluding hydrogens is 533 g/mol. The van der Waals surface area contributed by atoms with Crippen LogP contribution in [0.2, 0.25) is 0 Å². The zero-order valence-electron chi connectivity index (χ0n) is 17.3. The first-order chi connectivity index (χ1) is 16.2. The average Bonchev–Trinajstić information content (AvgIpc) is 2.77. The van der Waals surface area contributed by atoms with Crippen molar-refractivity contribution >= 4 is 11.6 Å². The second-order valence-corrected chi connectivity index (χ2v) is 7.10. The first kappa shape index (κ1) is 29.0. The van der Waals surface area contributed by atoms with Gasteiger partial charge in [0.05, 0.1) is 7.11 Å². The van der Waals surface area contributed by atoms with Gasteiger partial charge in [-0.15, -0.1) is 0 Å². The van der Waals surface area contributed by atoms with Gasteiger partial charge in [0, 0.05) is 22.9 Å². The molecule has 0 bridgehead atoms. The Kier molecular flexibility index (Phi) is 7.28. The largest absolute Gasteiger partial charge is 0.497 e. The third-order valence-corrected chi connectivity index (χ3v) is 4.77. The van der Waals surface area contributed by atoms with Gasteiger partial charge in [-0.25, -0.2) is 0 Å². The summed E-state index contributed by atoms with van der Waals surface area (Å²) in [7, 11) is 1.19. The van der Waals surface area contributed by atoms with Gasteiger partial charge >= 0.3 is 35.8 Å². The van der Waals surface area contributed by atoms with Crippen molar-refractivity contribution in [2.75, 3.05) is 12.4 Å². The van der Waals surface area contributed by atoms with Crippen LogP contribution >= 0.6 is 0 Å². The molecule has 0 aromatic heterocycles. The number of alkyl halides is 13. The first-order valence-electron chi connectivity index (χ1n) is 9.17. The van der Waals surface area contributed by atoms with Gasteiger partial charge in [0.15, 0.2) is 0 Å². The van der Waals surface area contributed by atoms with Crippen LogP contribution in [0.5, 0.6) is 5.75 Å². The van der Waals surface area contributed by atoms with Gasteiger partial charge in [0.1, 0.15) is 5.75 Å². The first-order valence-corrected chi connectivity index (χ1v) is 9.17. The Balaban J connectivity index is 2.59. The van der Waals surface area contributed by atoms with E-state index in [1.54, 1.807) is 0 Å². The van der Waals surface area contributed by atoms with Crippen molar-refractivity contribution in [1.29, 1.82) is 0 Å². The number of anilines is 1. The van der Waals surface area contributed by atoms with Gasteiger partial charge in [-0.1, -0.05) is 24.3 Å². The molecule has 0 saturated carbocycles. The molecule has 2 rings (SSSR count). The Morgan fingerprint density at radius 3 is 1.75 bits per heavy atom. The second kappa shape index (κ2) is 9.03. The van der Waals surface area contributed by atoms with Crippen LogP contribution in [0.3, 0.4) is 0 Å². The fraction of sp³-hybridized carbons (Fsp3) is 0.350. The van der Waals surface area contributed by atoms with E-state index >= 15 is 0 Å². The molecule has 0 aliphatic heterocycles. The van der Waals surface area contributed by atoms with Crippen LogP contribution in [0.1, 0.15) is 15.9 Å². The van der Waals surface area contributed by atoms with Gasteiger partial charge in [-0.3, -0.25) is 4.79 Å². The van der Waals surface area contributed by atoms with E-state index in [1.807, 2.05) is 5.32 Å². The molecule has 0 fully saturated rings. The lowest BCUT2D eigenvalue weighted by Gasteiger charge is -2.40. The number of ether oxygens (including phenoxy) is 1. The minimum atomic E-state index is -8.04. The molecule has 0 saturated heterocycles. The van der Waals surface area contributed by atoms with Gasteiger partial charge in [-0.2, -0.15) is 57.1 Å². The predicted octanol–water partition coefficient (Wildman–Crippen LogP) is 7.14. The average molecular weight is 545 g/mol. The maximum absolute atomic E-state index is 14.6. The van der Waals surface area contributed by atoms with Crippen LogP contribution in [-0.4, -0.2) is 42.9 Å². The Bertz CT molecular complexity index is 1110. The van der Waals surface area contributed by atoms with Gasteiger partial charge in [0.25, 0.3) is 5.91 Å². The summed E-state index contributed by atoms with van der Waals surface area (Å²) in [6, 6.07) is 6.39. The molecule has 16 heteroatoms. The molecule has 0 atom stereocenters. The van der Waals surface area contributed by atoms with E-state index in [-0.39, 0.29) is 17.5 Å². The van der Waals surface area contributed by atoms with Crippen molar-refractivity contribution in [3.05, 3.63) is 59.7 Å². The summed E-state index contributed by atoms with van der Waals surface area (Å²) in [5.74, 6) is -39.6. The van der Waals surface area contributed by atoms with Crippen molar-refractivity contribution in [3.8, 4) is 5.75 Å². The van der Waals surface area contributed by atoms with Crippen molar-refractivity contribution in [2.45, 2.75) is 35.8 Å². The molecule has 200 valence electrons. The molecule has 3 nitrogen and oxygen atoms in total. The van der Waals surface area contributed by atoms with Crippen LogP contribution in [0.25, 0.3) is 0 Å². The summed E-state index contributed by atoms with van der Waals surface area (Å²) in [4.78, 5) is 12.4. The smallest absolute Gasteiger partial charge is 0.460 e. The minimum Gasteiger partial charge on any atom is -0.497 e. The van der Waals surface area contributed by atoms with Crippen molar-refractivity contribution < 1.29 is 66.6 Å². The molecule has 0 spiro atoms. The third kappa shape index (κ3) is 4.40. The maximum atomic E-state index is 14.6. The topological polar surface area (TPSA) is 38.3 Å². The molecule has 2 aromatic carbocycles. The monoisotopic (exact) mass is 545 g/mol. The standard InChI is InChI=1S/C20H12F13NO2/c1-36-11-6-4-5-10(9-11)34-14(35)12-7-2-3-8-13(12)15(21,22)16(23,24)17(25,26)18(27,28)19(29,30)20(31,32)33/h2-9H,1H3,(H,34,35). The van der Waals surface area contributed by atoms with Crippen LogP contribution in [0.4, 0.5) is 62.8 Å². The highest BCUT2D eigenvalue weighted by Gasteiger charge is 2.91. The van der Waals surface area contributed by atoms with Gasteiger partial charge in [-0.05, 0) is 18.2 Å². The molecular formula is C20H12F13NO2. The number of hydrogen-bond acceptors (Lipinski definition) is 2. The summed E-state index contributed by atoms with van der Waals surface area (Å²) in [5, 5.41) is 1.91. The number of methoxy groups -OCH3 is 1. The lowest BCUT2D eigenvalue weighted by molar-refractivity contribution is -0.441. The fourth-order valence-electron chi connectivity index (χ4n) is 2.79. The third-order valence-electron chi connectivity index (χ3n) is 4.77. The second-order valence-electron chi connectivity index (χ2n) is 7.10. The summed E-state index contributed by atoms with van der Waals surface area (Å²) in [6.45, 7) is 0. The van der Waals surface area contributed by atoms with Crippen LogP contribution in [0, 0.1) is 0 Å².